The van der Waals surface area contributed by atoms with E-state index >= 15 is 0 Å². The second kappa shape index (κ2) is 4.89. The van der Waals surface area contributed by atoms with Crippen molar-refractivity contribution >= 4 is 5.70 Å². The van der Waals surface area contributed by atoms with E-state index in [0.717, 1.165) is 11.3 Å². The van der Waals surface area contributed by atoms with Crippen LogP contribution in [0.25, 0.3) is 5.70 Å². The van der Waals surface area contributed by atoms with Gasteiger partial charge in [0.15, 0.2) is 0 Å². The summed E-state index contributed by atoms with van der Waals surface area (Å²) in [4.78, 5) is 0. The Balaban J connectivity index is 0.000000980. The van der Waals surface area contributed by atoms with E-state index in [4.69, 9.17) is 0 Å². The molecule has 0 N–H and O–H groups in total. The van der Waals surface area contributed by atoms with Crippen molar-refractivity contribution in [3.8, 4) is 0 Å². The minimum Gasteiger partial charge on any atom is -0.281 e. The van der Waals surface area contributed by atoms with E-state index in [-0.39, 0.29) is 20.1 Å². The minimum absolute atomic E-state index is 0. The fourth-order valence-corrected chi connectivity index (χ4v) is 1.12. The molecular weight excluding hydrogens is 352 g/mol. The third kappa shape index (κ3) is 2.19. The molecule has 2 rings (SSSR count). The van der Waals surface area contributed by atoms with Crippen LogP contribution in [0.1, 0.15) is 5.56 Å². The molecule has 2 aromatic rings. The quantitative estimate of drug-likeness (QED) is 0.750. The summed E-state index contributed by atoms with van der Waals surface area (Å²) in [6.07, 6.45) is 3.59. The van der Waals surface area contributed by atoms with Crippen LogP contribution in [0.15, 0.2) is 49.3 Å². The van der Waals surface area contributed by atoms with E-state index in [9.17, 15) is 0 Å². The van der Waals surface area contributed by atoms with Gasteiger partial charge in [-0.25, -0.2) is 0 Å². The van der Waals surface area contributed by atoms with Crippen LogP contribution in [-0.4, -0.2) is 9.78 Å². The van der Waals surface area contributed by atoms with Crippen molar-refractivity contribution in [2.75, 3.05) is 0 Å². The van der Waals surface area contributed by atoms with Gasteiger partial charge in [-0.15, -0.1) is 42.5 Å². The molecule has 73 valence electrons. The van der Waals surface area contributed by atoms with Gasteiger partial charge in [0.05, 0.1) is 0 Å². The van der Waals surface area contributed by atoms with E-state index < -0.39 is 0 Å². The predicted molar refractivity (Wildman–Crippen MR) is 51.9 cm³/mol. The van der Waals surface area contributed by atoms with Crippen LogP contribution in [-0.2, 0) is 20.1 Å². The minimum atomic E-state index is 0. The molecular formula is C11H9IrN2-. The maximum atomic E-state index is 4.09. The van der Waals surface area contributed by atoms with Crippen LogP contribution in [0.4, 0.5) is 0 Å². The summed E-state index contributed by atoms with van der Waals surface area (Å²) in [6, 6.07) is 12.7. The standard InChI is InChI=1S/C11H9N2.Ir/c1-10(13-9-5-8-12-13)11-6-3-2-4-7-11;/h2-6,8-9H,1H2;/q-1;. The van der Waals surface area contributed by atoms with E-state index in [2.05, 4.69) is 17.7 Å². The summed E-state index contributed by atoms with van der Waals surface area (Å²) >= 11 is 0. The Hall–Kier alpha value is -1.18. The van der Waals surface area contributed by atoms with Crippen LogP contribution < -0.4 is 0 Å². The third-order valence-corrected chi connectivity index (χ3v) is 1.80. The van der Waals surface area contributed by atoms with Crippen molar-refractivity contribution in [1.82, 2.24) is 9.78 Å². The van der Waals surface area contributed by atoms with Crippen LogP contribution >= 0.6 is 0 Å². The average Bonchev–Trinajstić information content (AvgIpc) is 2.71. The Morgan fingerprint density at radius 2 is 2.21 bits per heavy atom. The summed E-state index contributed by atoms with van der Waals surface area (Å²) in [7, 11) is 0. The molecule has 0 spiro atoms. The predicted octanol–water partition coefficient (Wildman–Crippen LogP) is 2.20. The Labute approximate surface area is 96.6 Å². The van der Waals surface area contributed by atoms with Gasteiger partial charge in [0.25, 0.3) is 0 Å². The fourth-order valence-electron chi connectivity index (χ4n) is 1.12. The van der Waals surface area contributed by atoms with Crippen molar-refractivity contribution in [3.05, 3.63) is 60.9 Å². The van der Waals surface area contributed by atoms with Gasteiger partial charge in [-0.1, -0.05) is 0 Å². The Morgan fingerprint density at radius 3 is 2.79 bits per heavy atom. The summed E-state index contributed by atoms with van der Waals surface area (Å²) in [5.74, 6) is 0. The van der Waals surface area contributed by atoms with Gasteiger partial charge >= 0.3 is 0 Å². The SMILES string of the molecule is C=C(c1[c-]cccc1)n1cccn1.[Ir]. The molecule has 0 fully saturated rings. The molecule has 0 amide bonds. The van der Waals surface area contributed by atoms with Crippen LogP contribution in [0.3, 0.4) is 0 Å². The molecule has 0 aliphatic rings. The maximum absolute atomic E-state index is 4.09. The first kappa shape index (κ1) is 10.9. The monoisotopic (exact) mass is 362 g/mol. The largest absolute Gasteiger partial charge is 0.281 e. The number of benzene rings is 1. The maximum Gasteiger partial charge on any atom is 0.0484 e. The van der Waals surface area contributed by atoms with Gasteiger partial charge in [-0.05, 0) is 11.8 Å². The average molecular weight is 361 g/mol. The number of hydrogen-bond acceptors (Lipinski definition) is 1. The van der Waals surface area contributed by atoms with Crippen LogP contribution in [0.5, 0.6) is 0 Å². The van der Waals surface area contributed by atoms with E-state index in [1.165, 1.54) is 0 Å². The topological polar surface area (TPSA) is 17.8 Å². The van der Waals surface area contributed by atoms with Gasteiger partial charge in [-0.2, -0.15) is 5.10 Å². The molecule has 0 bridgehead atoms. The molecule has 2 nitrogen and oxygen atoms in total. The molecule has 0 unspecified atom stereocenters. The van der Waals surface area contributed by atoms with Gasteiger partial charge in [0.2, 0.25) is 0 Å². The molecule has 0 atom stereocenters. The number of nitrogens with zero attached hydrogens (tertiary/aromatic N) is 2. The summed E-state index contributed by atoms with van der Waals surface area (Å²) < 4.78 is 1.73. The van der Waals surface area contributed by atoms with E-state index in [0.29, 0.717) is 0 Å². The molecule has 3 heteroatoms. The van der Waals surface area contributed by atoms with Crippen molar-refractivity contribution < 1.29 is 20.1 Å². The number of aromatic nitrogens is 2. The molecule has 1 radical (unpaired) electrons. The summed E-state index contributed by atoms with van der Waals surface area (Å²) in [5.41, 5.74) is 1.80. The Bertz CT molecular complexity index is 392. The molecule has 0 aliphatic heterocycles. The molecule has 1 aromatic carbocycles. The molecule has 1 heterocycles. The second-order valence-corrected chi connectivity index (χ2v) is 2.67. The van der Waals surface area contributed by atoms with Gasteiger partial charge < -0.3 is 0 Å². The van der Waals surface area contributed by atoms with Crippen molar-refractivity contribution in [3.63, 3.8) is 0 Å². The van der Waals surface area contributed by atoms with E-state index in [1.54, 1.807) is 10.9 Å². The molecule has 0 aliphatic carbocycles. The van der Waals surface area contributed by atoms with Gasteiger partial charge in [0.1, 0.15) is 0 Å². The zero-order valence-corrected chi connectivity index (χ0v) is 9.87. The van der Waals surface area contributed by atoms with Crippen LogP contribution in [0.2, 0.25) is 0 Å². The summed E-state index contributed by atoms with van der Waals surface area (Å²) in [5, 5.41) is 4.09. The van der Waals surface area contributed by atoms with Crippen molar-refractivity contribution in [2.24, 2.45) is 0 Å². The number of rotatable bonds is 2. The van der Waals surface area contributed by atoms with E-state index in [1.807, 2.05) is 36.5 Å². The zero-order chi connectivity index (χ0) is 9.10. The first-order valence-corrected chi connectivity index (χ1v) is 4.04. The first-order chi connectivity index (χ1) is 6.38. The Morgan fingerprint density at radius 1 is 1.36 bits per heavy atom. The normalized spacial score (nSPS) is 9.14. The van der Waals surface area contributed by atoms with Crippen molar-refractivity contribution in [2.45, 2.75) is 0 Å². The zero-order valence-electron chi connectivity index (χ0n) is 7.48. The fraction of sp³-hybridized carbons (Fsp3) is 0. The van der Waals surface area contributed by atoms with Gasteiger partial charge in [-0.3, -0.25) is 4.68 Å². The third-order valence-electron chi connectivity index (χ3n) is 1.80. The second-order valence-electron chi connectivity index (χ2n) is 2.67. The molecule has 14 heavy (non-hydrogen) atoms. The Kier molecular flexibility index (Phi) is 3.81. The number of hydrogen-bond donors (Lipinski definition) is 0. The van der Waals surface area contributed by atoms with Gasteiger partial charge in [0, 0.05) is 32.5 Å². The smallest absolute Gasteiger partial charge is 0.0484 e. The summed E-state index contributed by atoms with van der Waals surface area (Å²) in [6.45, 7) is 3.94. The molecule has 0 saturated carbocycles. The first-order valence-electron chi connectivity index (χ1n) is 4.04. The molecule has 1 aromatic heterocycles. The van der Waals surface area contributed by atoms with Crippen molar-refractivity contribution in [1.29, 1.82) is 0 Å². The van der Waals surface area contributed by atoms with Crippen LogP contribution in [0, 0.1) is 6.07 Å². The molecule has 0 saturated heterocycles.